The first-order valence-electron chi connectivity index (χ1n) is 6.54. The van der Waals surface area contributed by atoms with Crippen molar-refractivity contribution in [1.29, 1.82) is 0 Å². The van der Waals surface area contributed by atoms with E-state index in [1.54, 1.807) is 18.3 Å². The predicted molar refractivity (Wildman–Crippen MR) is 81.3 cm³/mol. The Hall–Kier alpha value is -0.980. The Kier molecular flexibility index (Phi) is 4.78. The third kappa shape index (κ3) is 3.19. The molecule has 0 saturated carbocycles. The van der Waals surface area contributed by atoms with Gasteiger partial charge in [-0.1, -0.05) is 11.6 Å². The maximum atomic E-state index is 11.8. The van der Waals surface area contributed by atoms with Crippen LogP contribution in [-0.4, -0.2) is 51.8 Å². The van der Waals surface area contributed by atoms with E-state index in [0.29, 0.717) is 37.0 Å². The molecule has 0 N–H and O–H groups in total. The van der Waals surface area contributed by atoms with Crippen LogP contribution < -0.4 is 9.64 Å². The summed E-state index contributed by atoms with van der Waals surface area (Å²) in [5.41, 5.74) is 0.990. The van der Waals surface area contributed by atoms with Crippen molar-refractivity contribution >= 4 is 27.3 Å². The van der Waals surface area contributed by atoms with Gasteiger partial charge in [0.2, 0.25) is 10.0 Å². The van der Waals surface area contributed by atoms with Gasteiger partial charge in [0.15, 0.2) is 0 Å². The highest BCUT2D eigenvalue weighted by Gasteiger charge is 2.25. The minimum Gasteiger partial charge on any atom is -0.495 e. The zero-order valence-corrected chi connectivity index (χ0v) is 13.2. The Balaban J connectivity index is 2.06. The van der Waals surface area contributed by atoms with Gasteiger partial charge in [-0.2, -0.15) is 4.31 Å². The van der Waals surface area contributed by atoms with E-state index < -0.39 is 10.0 Å². The van der Waals surface area contributed by atoms with E-state index in [1.165, 1.54) is 0 Å². The summed E-state index contributed by atoms with van der Waals surface area (Å²) in [5, 5.41) is 0.564. The molecule has 0 amide bonds. The molecule has 5 nitrogen and oxygen atoms in total. The summed E-state index contributed by atoms with van der Waals surface area (Å²) in [6, 6.07) is 5.62. The molecule has 0 radical (unpaired) electrons. The molecular weight excluding hydrogens is 300 g/mol. The zero-order chi connectivity index (χ0) is 14.8. The fourth-order valence-corrected chi connectivity index (χ4v) is 3.60. The average molecular weight is 319 g/mol. The third-order valence-electron chi connectivity index (χ3n) is 3.50. The van der Waals surface area contributed by atoms with Gasteiger partial charge in [-0.15, -0.1) is 0 Å². The molecule has 1 saturated heterocycles. The number of halogens is 1. The number of methoxy groups -OCH3 is 1. The molecule has 7 heteroatoms. The summed E-state index contributed by atoms with van der Waals surface area (Å²) in [6.45, 7) is 4.04. The van der Waals surface area contributed by atoms with Crippen molar-refractivity contribution in [3.05, 3.63) is 23.2 Å². The van der Waals surface area contributed by atoms with E-state index >= 15 is 0 Å². The summed E-state index contributed by atoms with van der Waals surface area (Å²) >= 11 is 6.11. The SMILES string of the molecule is CCS(=O)(=O)N1CCN(c2ccc(OC)c(Cl)c2)CC1. The number of nitrogens with zero attached hydrogens (tertiary/aromatic N) is 2. The minimum atomic E-state index is -3.09. The Bertz CT molecular complexity index is 569. The lowest BCUT2D eigenvalue weighted by Crippen LogP contribution is -2.49. The molecular formula is C13H19ClN2O3S. The molecule has 0 spiro atoms. The lowest BCUT2D eigenvalue weighted by molar-refractivity contribution is 0.385. The van der Waals surface area contributed by atoms with Crippen molar-refractivity contribution in [1.82, 2.24) is 4.31 Å². The smallest absolute Gasteiger partial charge is 0.213 e. The van der Waals surface area contributed by atoms with Crippen LogP contribution in [0.1, 0.15) is 6.92 Å². The first-order valence-corrected chi connectivity index (χ1v) is 8.53. The van der Waals surface area contributed by atoms with Crippen molar-refractivity contribution in [3.63, 3.8) is 0 Å². The van der Waals surface area contributed by atoms with Gasteiger partial charge in [-0.25, -0.2) is 8.42 Å². The number of piperazine rings is 1. The molecule has 0 aliphatic carbocycles. The number of hydrogen-bond acceptors (Lipinski definition) is 4. The molecule has 1 aromatic carbocycles. The van der Waals surface area contributed by atoms with Gasteiger partial charge in [-0.05, 0) is 25.1 Å². The molecule has 0 aromatic heterocycles. The lowest BCUT2D eigenvalue weighted by Gasteiger charge is -2.35. The predicted octanol–water partition coefficient (Wildman–Crippen LogP) is 1.82. The molecule has 2 rings (SSSR count). The van der Waals surface area contributed by atoms with E-state index in [2.05, 4.69) is 4.90 Å². The van der Waals surface area contributed by atoms with Crippen LogP contribution in [-0.2, 0) is 10.0 Å². The third-order valence-corrected chi connectivity index (χ3v) is 5.67. The molecule has 112 valence electrons. The van der Waals surface area contributed by atoms with Crippen LogP contribution in [0.2, 0.25) is 5.02 Å². The zero-order valence-electron chi connectivity index (χ0n) is 11.7. The van der Waals surface area contributed by atoms with Crippen molar-refractivity contribution < 1.29 is 13.2 Å². The summed E-state index contributed by atoms with van der Waals surface area (Å²) < 4.78 is 30.3. The van der Waals surface area contributed by atoms with Crippen LogP contribution in [0.15, 0.2) is 18.2 Å². The van der Waals surface area contributed by atoms with Crippen molar-refractivity contribution in [3.8, 4) is 5.75 Å². The number of benzene rings is 1. The van der Waals surface area contributed by atoms with E-state index in [1.807, 2.05) is 18.2 Å². The first-order chi connectivity index (χ1) is 9.47. The summed E-state index contributed by atoms with van der Waals surface area (Å²) in [6.07, 6.45) is 0. The van der Waals surface area contributed by atoms with Crippen molar-refractivity contribution in [2.45, 2.75) is 6.92 Å². The monoisotopic (exact) mass is 318 g/mol. The van der Waals surface area contributed by atoms with Gasteiger partial charge in [-0.3, -0.25) is 0 Å². The molecule has 1 aliphatic heterocycles. The van der Waals surface area contributed by atoms with E-state index in [-0.39, 0.29) is 5.75 Å². The maximum absolute atomic E-state index is 11.8. The maximum Gasteiger partial charge on any atom is 0.213 e. The molecule has 1 aliphatic rings. The topological polar surface area (TPSA) is 49.9 Å². The Labute approximate surface area is 125 Å². The van der Waals surface area contributed by atoms with Crippen molar-refractivity contribution in [2.75, 3.05) is 43.9 Å². The molecule has 20 heavy (non-hydrogen) atoms. The van der Waals surface area contributed by atoms with Crippen LogP contribution >= 0.6 is 11.6 Å². The summed E-state index contributed by atoms with van der Waals surface area (Å²) in [4.78, 5) is 2.13. The largest absolute Gasteiger partial charge is 0.495 e. The van der Waals surface area contributed by atoms with Gasteiger partial charge in [0, 0.05) is 31.9 Å². The molecule has 0 atom stereocenters. The molecule has 1 aromatic rings. The van der Waals surface area contributed by atoms with E-state index in [4.69, 9.17) is 16.3 Å². The highest BCUT2D eigenvalue weighted by Crippen LogP contribution is 2.29. The number of rotatable bonds is 4. The quantitative estimate of drug-likeness (QED) is 0.849. The fourth-order valence-electron chi connectivity index (χ4n) is 2.26. The van der Waals surface area contributed by atoms with Gasteiger partial charge in [0.05, 0.1) is 17.9 Å². The van der Waals surface area contributed by atoms with E-state index in [9.17, 15) is 8.42 Å². The second kappa shape index (κ2) is 6.20. The van der Waals surface area contributed by atoms with Gasteiger partial charge in [0.25, 0.3) is 0 Å². The van der Waals surface area contributed by atoms with Crippen LogP contribution in [0.3, 0.4) is 0 Å². The second-order valence-corrected chi connectivity index (χ2v) is 7.27. The summed E-state index contributed by atoms with van der Waals surface area (Å²) in [5.74, 6) is 0.795. The summed E-state index contributed by atoms with van der Waals surface area (Å²) in [7, 11) is -1.51. The first kappa shape index (κ1) is 15.4. The van der Waals surface area contributed by atoms with Crippen LogP contribution in [0.5, 0.6) is 5.75 Å². The molecule has 0 unspecified atom stereocenters. The number of sulfonamides is 1. The second-order valence-electron chi connectivity index (χ2n) is 4.61. The Morgan fingerprint density at radius 2 is 1.90 bits per heavy atom. The highest BCUT2D eigenvalue weighted by molar-refractivity contribution is 7.89. The molecule has 1 fully saturated rings. The van der Waals surface area contributed by atoms with Crippen LogP contribution in [0, 0.1) is 0 Å². The normalized spacial score (nSPS) is 17.2. The lowest BCUT2D eigenvalue weighted by atomic mass is 10.2. The average Bonchev–Trinajstić information content (AvgIpc) is 2.47. The highest BCUT2D eigenvalue weighted by atomic mass is 35.5. The molecule has 0 bridgehead atoms. The van der Waals surface area contributed by atoms with Crippen molar-refractivity contribution in [2.24, 2.45) is 0 Å². The number of ether oxygens (including phenoxy) is 1. The standard InChI is InChI=1S/C13H19ClN2O3S/c1-3-20(17,18)16-8-6-15(7-9-16)11-4-5-13(19-2)12(14)10-11/h4-5,10H,3,6-9H2,1-2H3. The van der Waals surface area contributed by atoms with E-state index in [0.717, 1.165) is 5.69 Å². The van der Waals surface area contributed by atoms with Gasteiger partial charge < -0.3 is 9.64 Å². The van der Waals surface area contributed by atoms with Gasteiger partial charge >= 0.3 is 0 Å². The minimum absolute atomic E-state index is 0.154. The molecule has 1 heterocycles. The number of anilines is 1. The Morgan fingerprint density at radius 1 is 1.25 bits per heavy atom. The Morgan fingerprint density at radius 3 is 2.40 bits per heavy atom. The fraction of sp³-hybridized carbons (Fsp3) is 0.538. The van der Waals surface area contributed by atoms with Crippen LogP contribution in [0.4, 0.5) is 5.69 Å². The van der Waals surface area contributed by atoms with Gasteiger partial charge in [0.1, 0.15) is 5.75 Å². The number of hydrogen-bond donors (Lipinski definition) is 0. The van der Waals surface area contributed by atoms with Crippen LogP contribution in [0.25, 0.3) is 0 Å².